The molecule has 0 fully saturated rings. The van der Waals surface area contributed by atoms with Crippen LogP contribution in [0.5, 0.6) is 0 Å². The van der Waals surface area contributed by atoms with Gasteiger partial charge < -0.3 is 5.41 Å². The molecule has 0 amide bonds. The minimum absolute atomic E-state index is 0.809. The predicted molar refractivity (Wildman–Crippen MR) is 46.3 cm³/mol. The summed E-state index contributed by atoms with van der Waals surface area (Å²) in [7, 11) is 0. The summed E-state index contributed by atoms with van der Waals surface area (Å²) in [5.41, 5.74) is 4.59. The maximum absolute atomic E-state index is 7.63. The Hall–Kier alpha value is -1.11. The van der Waals surface area contributed by atoms with Gasteiger partial charge in [0.1, 0.15) is 0 Å². The van der Waals surface area contributed by atoms with Gasteiger partial charge in [0.05, 0.1) is 0 Å². The quantitative estimate of drug-likeness (QED) is 0.579. The molecule has 1 aliphatic rings. The lowest BCUT2D eigenvalue weighted by atomic mass is 10.1. The fourth-order valence-corrected chi connectivity index (χ4v) is 1.58. The number of hydrogen-bond acceptors (Lipinski definition) is 1. The highest BCUT2D eigenvalue weighted by Crippen LogP contribution is 2.22. The molecule has 0 heterocycles. The molecule has 11 heavy (non-hydrogen) atoms. The van der Waals surface area contributed by atoms with Gasteiger partial charge in [-0.25, -0.2) is 0 Å². The van der Waals surface area contributed by atoms with Crippen LogP contribution in [0.25, 0.3) is 0 Å². The lowest BCUT2D eigenvalue weighted by Gasteiger charge is -1.98. The number of aryl methyl sites for hydroxylation is 2. The van der Waals surface area contributed by atoms with E-state index in [1.54, 1.807) is 0 Å². The van der Waals surface area contributed by atoms with Gasteiger partial charge in [-0.1, -0.05) is 17.7 Å². The molecular formula is C10H11N. The van der Waals surface area contributed by atoms with Gasteiger partial charge in [0.2, 0.25) is 0 Å². The lowest BCUT2D eigenvalue weighted by molar-refractivity contribution is 1.09. The van der Waals surface area contributed by atoms with Crippen molar-refractivity contribution < 1.29 is 0 Å². The maximum Gasteiger partial charge on any atom is 0.0392 e. The highest BCUT2D eigenvalue weighted by molar-refractivity contribution is 6.02. The number of rotatable bonds is 0. The van der Waals surface area contributed by atoms with Gasteiger partial charge in [-0.15, -0.1) is 0 Å². The molecule has 0 saturated heterocycles. The summed E-state index contributed by atoms with van der Waals surface area (Å²) < 4.78 is 0. The van der Waals surface area contributed by atoms with Crippen LogP contribution in [-0.4, -0.2) is 5.71 Å². The van der Waals surface area contributed by atoms with Crippen LogP contribution in [0.2, 0.25) is 0 Å². The first-order valence-corrected chi connectivity index (χ1v) is 3.95. The molecule has 2 rings (SSSR count). The molecule has 1 nitrogen and oxygen atoms in total. The van der Waals surface area contributed by atoms with Crippen molar-refractivity contribution >= 4 is 5.71 Å². The van der Waals surface area contributed by atoms with Crippen LogP contribution in [0.15, 0.2) is 18.2 Å². The topological polar surface area (TPSA) is 23.9 Å². The fourth-order valence-electron chi connectivity index (χ4n) is 1.58. The zero-order valence-electron chi connectivity index (χ0n) is 6.65. The van der Waals surface area contributed by atoms with E-state index in [1.807, 2.05) is 0 Å². The van der Waals surface area contributed by atoms with Crippen LogP contribution >= 0.6 is 0 Å². The van der Waals surface area contributed by atoms with Gasteiger partial charge in [-0.2, -0.15) is 0 Å². The van der Waals surface area contributed by atoms with Crippen molar-refractivity contribution in [2.75, 3.05) is 0 Å². The highest BCUT2D eigenvalue weighted by atomic mass is 14.4. The van der Waals surface area contributed by atoms with E-state index in [4.69, 9.17) is 5.41 Å². The zero-order valence-corrected chi connectivity index (χ0v) is 6.65. The van der Waals surface area contributed by atoms with E-state index in [1.165, 1.54) is 16.7 Å². The Labute approximate surface area is 66.6 Å². The average Bonchev–Trinajstić information content (AvgIpc) is 2.33. The summed E-state index contributed by atoms with van der Waals surface area (Å²) in [6.45, 7) is 2.08. The molecule has 1 N–H and O–H groups in total. The van der Waals surface area contributed by atoms with Crippen LogP contribution in [0.4, 0.5) is 0 Å². The van der Waals surface area contributed by atoms with E-state index in [2.05, 4.69) is 25.1 Å². The van der Waals surface area contributed by atoms with Gasteiger partial charge in [0.25, 0.3) is 0 Å². The monoisotopic (exact) mass is 145 g/mol. The van der Waals surface area contributed by atoms with Crippen LogP contribution in [0.1, 0.15) is 23.1 Å². The molecule has 0 bridgehead atoms. The minimum atomic E-state index is 0.809. The molecule has 0 unspecified atom stereocenters. The van der Waals surface area contributed by atoms with Crippen molar-refractivity contribution in [2.45, 2.75) is 19.8 Å². The van der Waals surface area contributed by atoms with Crippen LogP contribution in [0, 0.1) is 12.3 Å². The van der Waals surface area contributed by atoms with E-state index < -0.39 is 0 Å². The highest BCUT2D eigenvalue weighted by Gasteiger charge is 2.14. The van der Waals surface area contributed by atoms with Crippen LogP contribution in [0.3, 0.4) is 0 Å². The minimum Gasteiger partial charge on any atom is -0.305 e. The van der Waals surface area contributed by atoms with Gasteiger partial charge in [0, 0.05) is 5.71 Å². The second-order valence-electron chi connectivity index (χ2n) is 3.14. The molecule has 1 aliphatic carbocycles. The Morgan fingerprint density at radius 1 is 1.27 bits per heavy atom. The van der Waals surface area contributed by atoms with Crippen molar-refractivity contribution in [1.29, 1.82) is 5.41 Å². The zero-order chi connectivity index (χ0) is 7.84. The van der Waals surface area contributed by atoms with Crippen molar-refractivity contribution in [3.8, 4) is 0 Å². The Morgan fingerprint density at radius 3 is 2.91 bits per heavy atom. The summed E-state index contributed by atoms with van der Waals surface area (Å²) in [4.78, 5) is 0. The SMILES string of the molecule is Cc1ccc2c(c1)C(=N)CC2. The smallest absolute Gasteiger partial charge is 0.0392 e. The largest absolute Gasteiger partial charge is 0.305 e. The number of benzene rings is 1. The molecule has 0 atom stereocenters. The molecule has 0 radical (unpaired) electrons. The fraction of sp³-hybridized carbons (Fsp3) is 0.300. The molecule has 0 aromatic heterocycles. The first-order chi connectivity index (χ1) is 5.27. The Bertz CT molecular complexity index is 313. The Morgan fingerprint density at radius 2 is 2.09 bits per heavy atom. The van der Waals surface area contributed by atoms with E-state index in [0.29, 0.717) is 0 Å². The van der Waals surface area contributed by atoms with Crippen molar-refractivity contribution in [1.82, 2.24) is 0 Å². The third-order valence-electron chi connectivity index (χ3n) is 2.23. The maximum atomic E-state index is 7.63. The summed E-state index contributed by atoms with van der Waals surface area (Å²) in [5, 5.41) is 7.63. The van der Waals surface area contributed by atoms with E-state index in [9.17, 15) is 0 Å². The molecular weight excluding hydrogens is 134 g/mol. The van der Waals surface area contributed by atoms with E-state index >= 15 is 0 Å². The van der Waals surface area contributed by atoms with Gasteiger partial charge in [-0.3, -0.25) is 0 Å². The molecule has 1 aromatic rings. The normalized spacial score (nSPS) is 15.2. The summed E-state index contributed by atoms with van der Waals surface area (Å²) in [5.74, 6) is 0. The third kappa shape index (κ3) is 0.967. The van der Waals surface area contributed by atoms with Gasteiger partial charge >= 0.3 is 0 Å². The molecule has 1 aromatic carbocycles. The molecule has 0 spiro atoms. The second-order valence-corrected chi connectivity index (χ2v) is 3.14. The van der Waals surface area contributed by atoms with Gasteiger partial charge in [-0.05, 0) is 37.0 Å². The first kappa shape index (κ1) is 6.59. The number of nitrogens with one attached hydrogen (secondary N) is 1. The van der Waals surface area contributed by atoms with Crippen LogP contribution in [-0.2, 0) is 6.42 Å². The molecule has 0 aliphatic heterocycles. The van der Waals surface area contributed by atoms with Crippen molar-refractivity contribution in [3.63, 3.8) is 0 Å². The van der Waals surface area contributed by atoms with Crippen molar-refractivity contribution in [3.05, 3.63) is 34.9 Å². The van der Waals surface area contributed by atoms with Crippen molar-refractivity contribution in [2.24, 2.45) is 0 Å². The predicted octanol–water partition coefficient (Wildman–Crippen LogP) is 2.31. The number of fused-ring (bicyclic) bond motifs is 1. The molecule has 56 valence electrons. The lowest BCUT2D eigenvalue weighted by Crippen LogP contribution is -1.91. The summed E-state index contributed by atoms with van der Waals surface area (Å²) in [6.07, 6.45) is 1.99. The molecule has 0 saturated carbocycles. The molecule has 1 heteroatoms. The van der Waals surface area contributed by atoms with Gasteiger partial charge in [0.15, 0.2) is 0 Å². The summed E-state index contributed by atoms with van der Waals surface area (Å²) in [6, 6.07) is 6.38. The second kappa shape index (κ2) is 2.19. The Kier molecular flexibility index (Phi) is 1.31. The Balaban J connectivity index is 2.60. The summed E-state index contributed by atoms with van der Waals surface area (Å²) >= 11 is 0. The number of hydrogen-bond donors (Lipinski definition) is 1. The third-order valence-corrected chi connectivity index (χ3v) is 2.23. The van der Waals surface area contributed by atoms with E-state index in [0.717, 1.165) is 18.6 Å². The first-order valence-electron chi connectivity index (χ1n) is 3.95. The average molecular weight is 145 g/mol. The van der Waals surface area contributed by atoms with Crippen LogP contribution < -0.4 is 0 Å². The standard InChI is InChI=1S/C10H11N/c1-7-2-3-8-4-5-10(11)9(8)6-7/h2-3,6,11H,4-5H2,1H3. The van der Waals surface area contributed by atoms with E-state index in [-0.39, 0.29) is 0 Å².